The van der Waals surface area contributed by atoms with E-state index in [1.807, 2.05) is 37.3 Å². The third kappa shape index (κ3) is 6.93. The largest absolute Gasteiger partial charge is 0.376 e. The number of amides is 2. The minimum absolute atomic E-state index is 0.0611. The third-order valence-corrected chi connectivity index (χ3v) is 6.81. The molecule has 1 saturated heterocycles. The van der Waals surface area contributed by atoms with Crippen molar-refractivity contribution in [2.24, 2.45) is 0 Å². The van der Waals surface area contributed by atoms with Crippen molar-refractivity contribution in [3.8, 4) is 0 Å². The molecule has 0 bridgehead atoms. The molecule has 0 unspecified atom stereocenters. The van der Waals surface area contributed by atoms with Gasteiger partial charge in [0.15, 0.2) is 5.16 Å². The van der Waals surface area contributed by atoms with Gasteiger partial charge in [-0.05, 0) is 50.5 Å². The van der Waals surface area contributed by atoms with Crippen molar-refractivity contribution in [1.82, 2.24) is 14.9 Å². The molecule has 3 aromatic rings. The Morgan fingerprint density at radius 3 is 2.71 bits per heavy atom. The summed E-state index contributed by atoms with van der Waals surface area (Å²) in [6, 6.07) is 14.7. The van der Waals surface area contributed by atoms with Crippen molar-refractivity contribution in [2.75, 3.05) is 24.2 Å². The number of carbonyl (C=O) groups is 2. The first-order valence-corrected chi connectivity index (χ1v) is 12.9. The van der Waals surface area contributed by atoms with Crippen LogP contribution in [0.4, 0.5) is 5.69 Å². The Kier molecular flexibility index (Phi) is 8.54. The molecule has 184 valence electrons. The quantitative estimate of drug-likeness (QED) is 0.330. The number of para-hydroxylation sites is 1. The van der Waals surface area contributed by atoms with Gasteiger partial charge in [0.1, 0.15) is 0 Å². The van der Waals surface area contributed by atoms with E-state index in [2.05, 4.69) is 15.6 Å². The number of hydrogen-bond donors (Lipinski definition) is 2. The number of aromatic nitrogens is 2. The molecule has 2 N–H and O–H groups in total. The van der Waals surface area contributed by atoms with Crippen LogP contribution in [-0.2, 0) is 20.9 Å². The Morgan fingerprint density at radius 2 is 1.94 bits per heavy atom. The molecule has 1 aliphatic heterocycles. The second kappa shape index (κ2) is 12.0. The van der Waals surface area contributed by atoms with Gasteiger partial charge in [-0.3, -0.25) is 19.0 Å². The van der Waals surface area contributed by atoms with E-state index in [0.717, 1.165) is 30.7 Å². The first kappa shape index (κ1) is 24.9. The van der Waals surface area contributed by atoms with E-state index >= 15 is 0 Å². The molecule has 4 rings (SSSR count). The van der Waals surface area contributed by atoms with Crippen LogP contribution in [-0.4, -0.2) is 46.4 Å². The molecule has 0 radical (unpaired) electrons. The molecule has 1 aromatic heterocycles. The molecule has 8 nitrogen and oxygen atoms in total. The van der Waals surface area contributed by atoms with Crippen LogP contribution in [0.5, 0.6) is 0 Å². The Hall–Kier alpha value is -3.17. The normalized spacial score (nSPS) is 15.3. The molecule has 0 saturated carbocycles. The smallest absolute Gasteiger partial charge is 0.262 e. The van der Waals surface area contributed by atoms with Crippen molar-refractivity contribution in [3.05, 3.63) is 64.4 Å². The van der Waals surface area contributed by atoms with Gasteiger partial charge in [0.05, 0.1) is 22.8 Å². The zero-order chi connectivity index (χ0) is 24.6. The van der Waals surface area contributed by atoms with E-state index in [0.29, 0.717) is 42.0 Å². The molecule has 1 aliphatic rings. The highest BCUT2D eigenvalue weighted by molar-refractivity contribution is 7.99. The summed E-state index contributed by atoms with van der Waals surface area (Å²) in [4.78, 5) is 42.6. The standard InChI is InChI=1S/C26H30N4O4S/c1-18-10-12-19(13-11-18)28-24(32)17-35-26-29-22-8-3-2-7-21(22)25(33)30(26)14-4-9-23(31)27-16-20-6-5-15-34-20/h2-3,7-8,10-13,20H,4-6,9,14-17H2,1H3,(H,27,31)(H,28,32)/t20-/m0/s1. The number of hydrogen-bond acceptors (Lipinski definition) is 6. The molecular formula is C26H30N4O4S. The van der Waals surface area contributed by atoms with Crippen LogP contribution >= 0.6 is 11.8 Å². The van der Waals surface area contributed by atoms with Crippen LogP contribution in [0.3, 0.4) is 0 Å². The third-order valence-electron chi connectivity index (χ3n) is 5.83. The average molecular weight is 495 g/mol. The minimum Gasteiger partial charge on any atom is -0.376 e. The summed E-state index contributed by atoms with van der Waals surface area (Å²) in [6.07, 6.45) is 2.88. The minimum atomic E-state index is -0.179. The van der Waals surface area contributed by atoms with Crippen LogP contribution < -0.4 is 16.2 Å². The molecule has 2 amide bonds. The van der Waals surface area contributed by atoms with Gasteiger partial charge < -0.3 is 15.4 Å². The molecular weight excluding hydrogens is 464 g/mol. The van der Waals surface area contributed by atoms with Crippen molar-refractivity contribution in [2.45, 2.75) is 50.4 Å². The van der Waals surface area contributed by atoms with Crippen molar-refractivity contribution in [1.29, 1.82) is 0 Å². The number of nitrogens with one attached hydrogen (secondary N) is 2. The number of ether oxygens (including phenoxy) is 1. The van der Waals surface area contributed by atoms with Crippen LogP contribution in [0.1, 0.15) is 31.2 Å². The maximum absolute atomic E-state index is 13.2. The molecule has 2 heterocycles. The summed E-state index contributed by atoms with van der Waals surface area (Å²) < 4.78 is 7.10. The molecule has 1 fully saturated rings. The Bertz CT molecular complexity index is 1240. The molecule has 0 spiro atoms. The summed E-state index contributed by atoms with van der Waals surface area (Å²) in [7, 11) is 0. The van der Waals surface area contributed by atoms with Crippen molar-refractivity contribution >= 4 is 40.2 Å². The van der Waals surface area contributed by atoms with Gasteiger partial charge in [-0.2, -0.15) is 0 Å². The fourth-order valence-electron chi connectivity index (χ4n) is 3.94. The van der Waals surface area contributed by atoms with Gasteiger partial charge in [-0.15, -0.1) is 0 Å². The van der Waals surface area contributed by atoms with Crippen LogP contribution in [0.2, 0.25) is 0 Å². The molecule has 2 aromatic carbocycles. The summed E-state index contributed by atoms with van der Waals surface area (Å²) in [6.45, 7) is 3.60. The second-order valence-corrected chi connectivity index (χ2v) is 9.56. The molecule has 0 aliphatic carbocycles. The first-order chi connectivity index (χ1) is 17.0. The number of nitrogens with zero attached hydrogens (tertiary/aromatic N) is 2. The summed E-state index contributed by atoms with van der Waals surface area (Å²) in [5.74, 6) is -0.129. The maximum Gasteiger partial charge on any atom is 0.262 e. The van der Waals surface area contributed by atoms with Gasteiger partial charge in [0, 0.05) is 31.8 Å². The molecule has 9 heteroatoms. The van der Waals surface area contributed by atoms with Gasteiger partial charge in [-0.25, -0.2) is 4.98 Å². The number of aryl methyl sites for hydroxylation is 1. The Morgan fingerprint density at radius 1 is 1.14 bits per heavy atom. The number of anilines is 1. The topological polar surface area (TPSA) is 102 Å². The number of carbonyl (C=O) groups excluding carboxylic acids is 2. The summed E-state index contributed by atoms with van der Waals surface area (Å²) >= 11 is 1.22. The predicted octanol–water partition coefficient (Wildman–Crippen LogP) is 3.51. The van der Waals surface area contributed by atoms with Gasteiger partial charge >= 0.3 is 0 Å². The van der Waals surface area contributed by atoms with E-state index in [1.54, 1.807) is 22.8 Å². The van der Waals surface area contributed by atoms with Crippen LogP contribution in [0.25, 0.3) is 10.9 Å². The van der Waals surface area contributed by atoms with E-state index in [9.17, 15) is 14.4 Å². The Balaban J connectivity index is 1.40. The van der Waals surface area contributed by atoms with Crippen molar-refractivity contribution < 1.29 is 14.3 Å². The lowest BCUT2D eigenvalue weighted by Gasteiger charge is -2.14. The van der Waals surface area contributed by atoms with Crippen LogP contribution in [0, 0.1) is 6.92 Å². The summed E-state index contributed by atoms with van der Waals surface area (Å²) in [5, 5.41) is 6.76. The number of rotatable bonds is 10. The van der Waals surface area contributed by atoms with Gasteiger partial charge in [0.2, 0.25) is 11.8 Å². The lowest BCUT2D eigenvalue weighted by Crippen LogP contribution is -2.32. The van der Waals surface area contributed by atoms with Crippen molar-refractivity contribution in [3.63, 3.8) is 0 Å². The Labute approximate surface area is 208 Å². The maximum atomic E-state index is 13.2. The summed E-state index contributed by atoms with van der Waals surface area (Å²) in [5.41, 5.74) is 2.25. The zero-order valence-corrected chi connectivity index (χ0v) is 20.6. The fourth-order valence-corrected chi connectivity index (χ4v) is 4.76. The highest BCUT2D eigenvalue weighted by Crippen LogP contribution is 2.19. The SMILES string of the molecule is Cc1ccc(NC(=O)CSc2nc3ccccc3c(=O)n2CCCC(=O)NC[C@@H]2CCCO2)cc1. The van der Waals surface area contributed by atoms with E-state index in [-0.39, 0.29) is 29.2 Å². The zero-order valence-electron chi connectivity index (χ0n) is 19.8. The number of fused-ring (bicyclic) bond motifs is 1. The first-order valence-electron chi connectivity index (χ1n) is 11.9. The molecule has 35 heavy (non-hydrogen) atoms. The van der Waals surface area contributed by atoms with E-state index in [1.165, 1.54) is 11.8 Å². The lowest BCUT2D eigenvalue weighted by atomic mass is 10.2. The monoisotopic (exact) mass is 494 g/mol. The lowest BCUT2D eigenvalue weighted by molar-refractivity contribution is -0.121. The van der Waals surface area contributed by atoms with E-state index in [4.69, 9.17) is 4.74 Å². The van der Waals surface area contributed by atoms with Gasteiger partial charge in [-0.1, -0.05) is 41.6 Å². The highest BCUT2D eigenvalue weighted by Gasteiger charge is 2.17. The van der Waals surface area contributed by atoms with E-state index < -0.39 is 0 Å². The molecule has 1 atom stereocenters. The fraction of sp³-hybridized carbons (Fsp3) is 0.385. The predicted molar refractivity (Wildman–Crippen MR) is 138 cm³/mol. The number of benzene rings is 2. The number of thioether (sulfide) groups is 1. The highest BCUT2D eigenvalue weighted by atomic mass is 32.2. The van der Waals surface area contributed by atoms with Crippen LogP contribution in [0.15, 0.2) is 58.5 Å². The second-order valence-electron chi connectivity index (χ2n) is 8.61. The average Bonchev–Trinajstić information content (AvgIpc) is 3.38. The van der Waals surface area contributed by atoms with Gasteiger partial charge in [0.25, 0.3) is 5.56 Å².